The van der Waals surface area contributed by atoms with Crippen LogP contribution in [0.3, 0.4) is 0 Å². The lowest BCUT2D eigenvalue weighted by Crippen LogP contribution is -2.34. The van der Waals surface area contributed by atoms with Gasteiger partial charge in [-0.15, -0.1) is 0 Å². The van der Waals surface area contributed by atoms with Crippen LogP contribution in [0.25, 0.3) is 0 Å². The minimum absolute atomic E-state index is 0.0349. The van der Waals surface area contributed by atoms with E-state index in [0.29, 0.717) is 6.42 Å². The number of hydrogen-bond donors (Lipinski definition) is 3. The molecule has 0 aliphatic heterocycles. The predicted octanol–water partition coefficient (Wildman–Crippen LogP) is 4.30. The Balaban J connectivity index is 3.38. The van der Waals surface area contributed by atoms with E-state index in [1.54, 1.807) is 0 Å². The molecule has 158 valence electrons. The summed E-state index contributed by atoms with van der Waals surface area (Å²) in [6.07, 6.45) is 16.5. The summed E-state index contributed by atoms with van der Waals surface area (Å²) in [5, 5.41) is 10.9. The molecule has 2 amide bonds. The van der Waals surface area contributed by atoms with Crippen LogP contribution in [0.5, 0.6) is 0 Å². The van der Waals surface area contributed by atoms with Crippen LogP contribution in [0, 0.1) is 0 Å². The van der Waals surface area contributed by atoms with Crippen LogP contribution in [-0.4, -0.2) is 28.9 Å². The van der Waals surface area contributed by atoms with Gasteiger partial charge in [0.05, 0.1) is 0 Å². The van der Waals surface area contributed by atoms with Gasteiger partial charge in [0, 0.05) is 12.8 Å². The highest BCUT2D eigenvalue weighted by Crippen LogP contribution is 2.12. The topological polar surface area (TPSA) is 109 Å². The van der Waals surface area contributed by atoms with Gasteiger partial charge < -0.3 is 10.8 Å². The Morgan fingerprint density at radius 3 is 1.59 bits per heavy atom. The number of carbonyl (C=O) groups is 3. The number of carboxylic acid groups (broad SMARTS) is 1. The molecule has 0 rings (SSSR count). The van der Waals surface area contributed by atoms with Crippen molar-refractivity contribution >= 4 is 17.8 Å². The summed E-state index contributed by atoms with van der Waals surface area (Å²) in [6, 6.07) is -1.06. The zero-order valence-electron chi connectivity index (χ0n) is 17.1. The van der Waals surface area contributed by atoms with Crippen LogP contribution in [0.1, 0.15) is 110 Å². The smallest absolute Gasteiger partial charge is 0.320 e. The third-order valence-electron chi connectivity index (χ3n) is 4.79. The number of rotatable bonds is 18. The van der Waals surface area contributed by atoms with Crippen molar-refractivity contribution in [1.29, 1.82) is 0 Å². The lowest BCUT2D eigenvalue weighted by atomic mass is 10.0. The molecule has 0 aromatic rings. The molecule has 0 aliphatic carbocycles. The van der Waals surface area contributed by atoms with E-state index in [0.717, 1.165) is 19.3 Å². The van der Waals surface area contributed by atoms with Gasteiger partial charge in [0.1, 0.15) is 6.04 Å². The molecule has 0 saturated carbocycles. The molecule has 0 saturated heterocycles. The van der Waals surface area contributed by atoms with Gasteiger partial charge in [-0.2, -0.15) is 0 Å². The molecule has 0 unspecified atom stereocenters. The van der Waals surface area contributed by atoms with E-state index in [4.69, 9.17) is 10.8 Å². The zero-order chi connectivity index (χ0) is 20.3. The Morgan fingerprint density at radius 2 is 1.15 bits per heavy atom. The number of amides is 2. The fourth-order valence-corrected chi connectivity index (χ4v) is 2.99. The summed E-state index contributed by atoms with van der Waals surface area (Å²) in [7, 11) is 0. The monoisotopic (exact) mass is 384 g/mol. The number of carbonyl (C=O) groups excluding carboxylic acids is 2. The Labute approximate surface area is 164 Å². The molecule has 0 spiro atoms. The molecule has 0 aromatic heterocycles. The maximum atomic E-state index is 11.7. The highest BCUT2D eigenvalue weighted by atomic mass is 16.4. The maximum Gasteiger partial charge on any atom is 0.320 e. The number of imide groups is 1. The number of hydrogen-bond acceptors (Lipinski definition) is 4. The molecule has 0 aliphatic rings. The van der Waals surface area contributed by atoms with Crippen LogP contribution in [0.2, 0.25) is 0 Å². The molecule has 0 heterocycles. The highest BCUT2D eigenvalue weighted by molar-refractivity contribution is 5.95. The van der Waals surface area contributed by atoms with Crippen LogP contribution in [-0.2, 0) is 14.4 Å². The fraction of sp³-hybridized carbons (Fsp3) is 0.857. The van der Waals surface area contributed by atoms with Gasteiger partial charge in [-0.05, 0) is 12.8 Å². The van der Waals surface area contributed by atoms with Crippen molar-refractivity contribution in [3.8, 4) is 0 Å². The first kappa shape index (κ1) is 25.6. The minimum atomic E-state index is -1.14. The second-order valence-corrected chi connectivity index (χ2v) is 7.45. The van der Waals surface area contributed by atoms with Crippen molar-refractivity contribution in [2.45, 2.75) is 116 Å². The minimum Gasteiger partial charge on any atom is -0.480 e. The quantitative estimate of drug-likeness (QED) is 0.305. The average molecular weight is 385 g/mol. The molecule has 0 radical (unpaired) electrons. The number of aliphatic carboxylic acids is 1. The number of nitrogens with two attached hydrogens (primary N) is 1. The Bertz CT molecular complexity index is 413. The molecule has 6 heteroatoms. The van der Waals surface area contributed by atoms with E-state index in [1.165, 1.54) is 64.2 Å². The molecule has 4 N–H and O–H groups in total. The van der Waals surface area contributed by atoms with Crippen molar-refractivity contribution in [2.75, 3.05) is 0 Å². The SMILES string of the molecule is CCCCCCCCCCCCCCCC(=O)NC(=O)CC[C@H](N)C(=O)O. The summed E-state index contributed by atoms with van der Waals surface area (Å²) in [6.45, 7) is 2.24. The lowest BCUT2D eigenvalue weighted by Gasteiger charge is -2.07. The van der Waals surface area contributed by atoms with E-state index in [9.17, 15) is 14.4 Å². The second-order valence-electron chi connectivity index (χ2n) is 7.45. The van der Waals surface area contributed by atoms with Crippen LogP contribution in [0.4, 0.5) is 0 Å². The molecule has 0 bridgehead atoms. The van der Waals surface area contributed by atoms with Gasteiger partial charge in [0.2, 0.25) is 11.8 Å². The number of unbranched alkanes of at least 4 members (excludes halogenated alkanes) is 12. The highest BCUT2D eigenvalue weighted by Gasteiger charge is 2.14. The molecule has 0 fully saturated rings. The van der Waals surface area contributed by atoms with Gasteiger partial charge in [-0.3, -0.25) is 19.7 Å². The second kappa shape index (κ2) is 18.0. The summed E-state index contributed by atoms with van der Waals surface area (Å²) < 4.78 is 0. The zero-order valence-corrected chi connectivity index (χ0v) is 17.1. The molecular weight excluding hydrogens is 344 g/mol. The van der Waals surface area contributed by atoms with Crippen LogP contribution in [0.15, 0.2) is 0 Å². The molecular formula is C21H40N2O4. The fourth-order valence-electron chi connectivity index (χ4n) is 2.99. The Kier molecular flexibility index (Phi) is 17.0. The van der Waals surface area contributed by atoms with Crippen molar-refractivity contribution in [1.82, 2.24) is 5.32 Å². The van der Waals surface area contributed by atoms with Crippen LogP contribution >= 0.6 is 0 Å². The summed E-state index contributed by atoms with van der Waals surface area (Å²) in [5.74, 6) is -1.88. The van der Waals surface area contributed by atoms with E-state index in [2.05, 4.69) is 12.2 Å². The maximum absolute atomic E-state index is 11.7. The van der Waals surface area contributed by atoms with Crippen LogP contribution < -0.4 is 11.1 Å². The first-order valence-corrected chi connectivity index (χ1v) is 10.8. The predicted molar refractivity (Wildman–Crippen MR) is 108 cm³/mol. The van der Waals surface area contributed by atoms with Gasteiger partial charge in [-0.25, -0.2) is 0 Å². The first-order chi connectivity index (χ1) is 13.0. The summed E-state index contributed by atoms with van der Waals surface area (Å²) in [4.78, 5) is 33.7. The number of nitrogens with one attached hydrogen (secondary N) is 1. The largest absolute Gasteiger partial charge is 0.480 e. The Hall–Kier alpha value is -1.43. The number of carboxylic acids is 1. The standard InChI is InChI=1S/C21H40N2O4/c1-2-3-4-5-6-7-8-9-10-11-12-13-14-15-19(24)23-20(25)17-16-18(22)21(26)27/h18H,2-17,22H2,1H3,(H,26,27)(H,23,24,25)/t18-/m0/s1. The van der Waals surface area contributed by atoms with Gasteiger partial charge in [0.15, 0.2) is 0 Å². The average Bonchev–Trinajstić information content (AvgIpc) is 2.63. The Morgan fingerprint density at radius 1 is 0.741 bits per heavy atom. The molecule has 0 aromatic carbocycles. The van der Waals surface area contributed by atoms with Gasteiger partial charge in [-0.1, -0.05) is 84.0 Å². The van der Waals surface area contributed by atoms with Crippen molar-refractivity contribution in [2.24, 2.45) is 5.73 Å². The van der Waals surface area contributed by atoms with Crippen molar-refractivity contribution < 1.29 is 19.5 Å². The van der Waals surface area contributed by atoms with Gasteiger partial charge in [0.25, 0.3) is 0 Å². The summed E-state index contributed by atoms with van der Waals surface area (Å²) in [5.41, 5.74) is 5.32. The van der Waals surface area contributed by atoms with E-state index in [1.807, 2.05) is 0 Å². The molecule has 6 nitrogen and oxygen atoms in total. The molecule has 27 heavy (non-hydrogen) atoms. The van der Waals surface area contributed by atoms with Gasteiger partial charge >= 0.3 is 5.97 Å². The molecule has 1 atom stereocenters. The van der Waals surface area contributed by atoms with E-state index in [-0.39, 0.29) is 18.7 Å². The summed E-state index contributed by atoms with van der Waals surface area (Å²) >= 11 is 0. The first-order valence-electron chi connectivity index (χ1n) is 10.8. The third-order valence-corrected chi connectivity index (χ3v) is 4.79. The van der Waals surface area contributed by atoms with Crippen molar-refractivity contribution in [3.05, 3.63) is 0 Å². The van der Waals surface area contributed by atoms with E-state index < -0.39 is 17.9 Å². The lowest BCUT2D eigenvalue weighted by molar-refractivity contribution is -0.138. The van der Waals surface area contributed by atoms with Crippen molar-refractivity contribution in [3.63, 3.8) is 0 Å². The van der Waals surface area contributed by atoms with E-state index >= 15 is 0 Å². The normalized spacial score (nSPS) is 11.9. The third kappa shape index (κ3) is 17.7.